The normalized spacial score (nSPS) is 12.2. The summed E-state index contributed by atoms with van der Waals surface area (Å²) in [5, 5.41) is 12.1. The van der Waals surface area contributed by atoms with Gasteiger partial charge in [-0.15, -0.1) is 0 Å². The molecule has 0 saturated carbocycles. The van der Waals surface area contributed by atoms with Gasteiger partial charge in [-0.25, -0.2) is 13.1 Å². The Morgan fingerprint density at radius 1 is 1.35 bits per heavy atom. The van der Waals surface area contributed by atoms with Gasteiger partial charge in [-0.1, -0.05) is 0 Å². The molecule has 0 aliphatic carbocycles. The highest BCUT2D eigenvalue weighted by molar-refractivity contribution is 7.88. The number of phenolic OH excluding ortho intramolecular Hbond substituents is 1. The van der Waals surface area contributed by atoms with Gasteiger partial charge < -0.3 is 10.4 Å². The molecule has 0 bridgehead atoms. The first-order valence-corrected chi connectivity index (χ1v) is 7.96. The number of phenols is 1. The van der Waals surface area contributed by atoms with Gasteiger partial charge in [0.05, 0.1) is 6.26 Å². The predicted octanol–water partition coefficient (Wildman–Crippen LogP) is 0.758. The van der Waals surface area contributed by atoms with Crippen molar-refractivity contribution in [2.75, 3.05) is 12.8 Å². The van der Waals surface area contributed by atoms with Gasteiger partial charge in [-0.05, 0) is 44.5 Å². The molecule has 0 unspecified atom stereocenters. The van der Waals surface area contributed by atoms with Crippen LogP contribution < -0.4 is 10.0 Å². The highest BCUT2D eigenvalue weighted by Crippen LogP contribution is 2.16. The molecule has 6 nitrogen and oxygen atoms in total. The van der Waals surface area contributed by atoms with Crippen molar-refractivity contribution in [1.82, 2.24) is 10.0 Å². The van der Waals surface area contributed by atoms with Crippen LogP contribution in [-0.4, -0.2) is 37.8 Å². The lowest BCUT2D eigenvalue weighted by Crippen LogP contribution is -2.51. The number of amides is 1. The van der Waals surface area contributed by atoms with Crippen LogP contribution in [0.1, 0.15) is 29.8 Å². The molecule has 0 aromatic heterocycles. The molecule has 0 spiro atoms. The zero-order chi connectivity index (χ0) is 15.6. The minimum Gasteiger partial charge on any atom is -0.508 e. The summed E-state index contributed by atoms with van der Waals surface area (Å²) in [6.07, 6.45) is 1.07. The van der Waals surface area contributed by atoms with Crippen molar-refractivity contribution in [2.24, 2.45) is 0 Å². The number of carbonyl (C=O) groups is 1. The Morgan fingerprint density at radius 2 is 1.95 bits per heavy atom. The van der Waals surface area contributed by atoms with Gasteiger partial charge in [-0.2, -0.15) is 0 Å². The fourth-order valence-corrected chi connectivity index (χ4v) is 2.81. The molecule has 1 aromatic rings. The van der Waals surface area contributed by atoms with Crippen LogP contribution >= 0.6 is 0 Å². The number of hydrogen-bond donors (Lipinski definition) is 3. The van der Waals surface area contributed by atoms with Crippen LogP contribution in [0.4, 0.5) is 0 Å². The maximum absolute atomic E-state index is 12.0. The van der Waals surface area contributed by atoms with Crippen molar-refractivity contribution >= 4 is 15.9 Å². The van der Waals surface area contributed by atoms with Crippen LogP contribution in [-0.2, 0) is 10.0 Å². The summed E-state index contributed by atoms with van der Waals surface area (Å²) in [5.74, 6) is -0.197. The van der Waals surface area contributed by atoms with Crippen LogP contribution in [0.2, 0.25) is 0 Å². The summed E-state index contributed by atoms with van der Waals surface area (Å²) in [6, 6.07) is 4.53. The number of aryl methyl sites for hydroxylation is 1. The molecule has 0 radical (unpaired) electrons. The van der Waals surface area contributed by atoms with E-state index >= 15 is 0 Å². The van der Waals surface area contributed by atoms with Crippen LogP contribution in [0.3, 0.4) is 0 Å². The highest BCUT2D eigenvalue weighted by atomic mass is 32.2. The summed E-state index contributed by atoms with van der Waals surface area (Å²) in [6.45, 7) is 5.20. The summed E-state index contributed by atoms with van der Waals surface area (Å²) in [5.41, 5.74) is 0.233. The smallest absolute Gasteiger partial charge is 0.251 e. The average molecular weight is 300 g/mol. The molecule has 0 aliphatic rings. The van der Waals surface area contributed by atoms with Crippen LogP contribution in [0.5, 0.6) is 5.75 Å². The number of rotatable bonds is 5. The molecule has 1 amide bonds. The van der Waals surface area contributed by atoms with Gasteiger partial charge in [0.15, 0.2) is 0 Å². The quantitative estimate of drug-likeness (QED) is 0.748. The second-order valence-electron chi connectivity index (χ2n) is 5.44. The molecule has 112 valence electrons. The number of aromatic hydroxyl groups is 1. The molecule has 3 N–H and O–H groups in total. The van der Waals surface area contributed by atoms with E-state index in [0.717, 1.165) is 6.26 Å². The minimum atomic E-state index is -3.34. The third-order valence-electron chi connectivity index (χ3n) is 2.61. The SMILES string of the molecule is Cc1cc(C(=O)NCC(C)(C)NS(C)(=O)=O)ccc1O. The van der Waals surface area contributed by atoms with Crippen molar-refractivity contribution in [1.29, 1.82) is 0 Å². The van der Waals surface area contributed by atoms with Gasteiger partial charge in [-0.3, -0.25) is 4.79 Å². The number of sulfonamides is 1. The first kappa shape index (κ1) is 16.5. The average Bonchev–Trinajstić information content (AvgIpc) is 2.26. The van der Waals surface area contributed by atoms with Gasteiger partial charge in [0.1, 0.15) is 5.75 Å². The summed E-state index contributed by atoms with van der Waals surface area (Å²) < 4.78 is 24.8. The minimum absolute atomic E-state index is 0.126. The lowest BCUT2D eigenvalue weighted by atomic mass is 10.1. The Morgan fingerprint density at radius 3 is 2.45 bits per heavy atom. The van der Waals surface area contributed by atoms with Crippen molar-refractivity contribution < 1.29 is 18.3 Å². The number of benzene rings is 1. The van der Waals surface area contributed by atoms with Gasteiger partial charge in [0.25, 0.3) is 5.91 Å². The highest BCUT2D eigenvalue weighted by Gasteiger charge is 2.23. The third-order valence-corrected chi connectivity index (χ3v) is 3.53. The van der Waals surface area contributed by atoms with Crippen molar-refractivity contribution in [2.45, 2.75) is 26.3 Å². The van der Waals surface area contributed by atoms with E-state index < -0.39 is 15.6 Å². The summed E-state index contributed by atoms with van der Waals surface area (Å²) >= 11 is 0. The first-order chi connectivity index (χ1) is 9.00. The fraction of sp³-hybridized carbons (Fsp3) is 0.462. The topological polar surface area (TPSA) is 95.5 Å². The van der Waals surface area contributed by atoms with E-state index in [2.05, 4.69) is 10.0 Å². The van der Waals surface area contributed by atoms with Gasteiger partial charge in [0.2, 0.25) is 10.0 Å². The fourth-order valence-electron chi connectivity index (χ4n) is 1.74. The van der Waals surface area contributed by atoms with E-state index in [9.17, 15) is 18.3 Å². The molecule has 7 heteroatoms. The van der Waals surface area contributed by atoms with Crippen LogP contribution in [0, 0.1) is 6.92 Å². The Balaban J connectivity index is 2.69. The molecule has 0 atom stereocenters. The van der Waals surface area contributed by atoms with E-state index in [1.54, 1.807) is 26.8 Å². The molecule has 0 heterocycles. The molecule has 0 fully saturated rings. The van der Waals surface area contributed by atoms with Crippen molar-refractivity contribution in [3.05, 3.63) is 29.3 Å². The largest absolute Gasteiger partial charge is 0.508 e. The Hall–Kier alpha value is -1.60. The second-order valence-corrected chi connectivity index (χ2v) is 7.19. The maximum atomic E-state index is 12.0. The third kappa shape index (κ3) is 5.18. The molecular weight excluding hydrogens is 280 g/mol. The van der Waals surface area contributed by atoms with Crippen molar-refractivity contribution in [3.63, 3.8) is 0 Å². The molecule has 20 heavy (non-hydrogen) atoms. The Kier molecular flexibility index (Phi) is 4.77. The Bertz CT molecular complexity index is 609. The Labute approximate surface area is 119 Å². The van der Waals surface area contributed by atoms with E-state index in [-0.39, 0.29) is 18.2 Å². The van der Waals surface area contributed by atoms with E-state index in [0.29, 0.717) is 11.1 Å². The zero-order valence-corrected chi connectivity index (χ0v) is 12.8. The maximum Gasteiger partial charge on any atom is 0.251 e. The van der Waals surface area contributed by atoms with Gasteiger partial charge >= 0.3 is 0 Å². The number of carbonyl (C=O) groups excluding carboxylic acids is 1. The van der Waals surface area contributed by atoms with E-state index in [4.69, 9.17) is 0 Å². The summed E-state index contributed by atoms with van der Waals surface area (Å²) in [4.78, 5) is 12.0. The molecule has 1 rings (SSSR count). The zero-order valence-electron chi connectivity index (χ0n) is 12.0. The number of nitrogens with one attached hydrogen (secondary N) is 2. The molecule has 0 saturated heterocycles. The molecular formula is C13H20N2O4S. The second kappa shape index (κ2) is 5.80. The molecule has 1 aromatic carbocycles. The lowest BCUT2D eigenvalue weighted by molar-refractivity contribution is 0.0944. The van der Waals surface area contributed by atoms with E-state index in [1.807, 2.05) is 0 Å². The summed E-state index contributed by atoms with van der Waals surface area (Å²) in [7, 11) is -3.34. The van der Waals surface area contributed by atoms with E-state index in [1.165, 1.54) is 12.1 Å². The van der Waals surface area contributed by atoms with Crippen molar-refractivity contribution in [3.8, 4) is 5.75 Å². The molecule has 0 aliphatic heterocycles. The van der Waals surface area contributed by atoms with Crippen LogP contribution in [0.25, 0.3) is 0 Å². The standard InChI is InChI=1S/C13H20N2O4S/c1-9-7-10(5-6-11(9)16)12(17)14-8-13(2,3)15-20(4,18)19/h5-7,15-16H,8H2,1-4H3,(H,14,17). The number of hydrogen-bond acceptors (Lipinski definition) is 4. The first-order valence-electron chi connectivity index (χ1n) is 6.07. The predicted molar refractivity (Wildman–Crippen MR) is 77.2 cm³/mol. The van der Waals surface area contributed by atoms with Crippen LogP contribution in [0.15, 0.2) is 18.2 Å². The monoisotopic (exact) mass is 300 g/mol. The van der Waals surface area contributed by atoms with Gasteiger partial charge in [0, 0.05) is 17.6 Å². The lowest BCUT2D eigenvalue weighted by Gasteiger charge is -2.25.